The summed E-state index contributed by atoms with van der Waals surface area (Å²) in [4.78, 5) is 44.5. The van der Waals surface area contributed by atoms with Gasteiger partial charge in [0, 0.05) is 29.5 Å². The number of amides is 2. The van der Waals surface area contributed by atoms with Crippen LogP contribution in [-0.2, 0) is 14.3 Å². The number of halogens is 2. The van der Waals surface area contributed by atoms with Crippen LogP contribution < -0.4 is 10.6 Å². The third-order valence-electron chi connectivity index (χ3n) is 7.06. The molecule has 3 saturated heterocycles. The largest absolute Gasteiger partial charge is 0.365 e. The third-order valence-corrected chi connectivity index (χ3v) is 8.01. The van der Waals surface area contributed by atoms with Gasteiger partial charge in [0.25, 0.3) is 5.91 Å². The molecule has 3 aliphatic heterocycles. The molecule has 8 nitrogen and oxygen atoms in total. The van der Waals surface area contributed by atoms with Gasteiger partial charge in [-0.25, -0.2) is 13.8 Å². The van der Waals surface area contributed by atoms with E-state index in [0.717, 1.165) is 16.3 Å². The van der Waals surface area contributed by atoms with E-state index >= 15 is 0 Å². The Labute approximate surface area is 217 Å². The standard InChI is InChI=1S/C26H30F2N4O4S/c1-13(2)7-19(26(35)32-10-17(28)23-22(32)21(33)11-36-23)30-24(34)15-5-3-14(4-6-15)20-12-37-25(31-20)18-8-16(27)9-29-18/h3-6,12-13,16-19,22-23,29H,7-11H2,1-2H3,(H,30,34)/t16?,17-,18?,19?,22+,23+/m0/s1. The van der Waals surface area contributed by atoms with E-state index in [0.29, 0.717) is 24.9 Å². The van der Waals surface area contributed by atoms with Crippen LogP contribution in [0.1, 0.15) is 48.1 Å². The third kappa shape index (κ3) is 5.30. The van der Waals surface area contributed by atoms with Gasteiger partial charge in [0.15, 0.2) is 5.78 Å². The van der Waals surface area contributed by atoms with Crippen molar-refractivity contribution in [1.29, 1.82) is 0 Å². The van der Waals surface area contributed by atoms with Crippen molar-refractivity contribution in [2.45, 2.75) is 63.3 Å². The molecule has 6 atom stereocenters. The minimum atomic E-state index is -1.43. The first-order valence-electron chi connectivity index (χ1n) is 12.5. The van der Waals surface area contributed by atoms with Gasteiger partial charge >= 0.3 is 0 Å². The van der Waals surface area contributed by atoms with E-state index in [2.05, 4.69) is 15.6 Å². The van der Waals surface area contributed by atoms with E-state index in [4.69, 9.17) is 4.74 Å². The van der Waals surface area contributed by atoms with Crippen molar-refractivity contribution >= 4 is 28.9 Å². The molecule has 1 aromatic heterocycles. The van der Waals surface area contributed by atoms with Crippen LogP contribution in [0.25, 0.3) is 11.3 Å². The topological polar surface area (TPSA) is 101 Å². The summed E-state index contributed by atoms with van der Waals surface area (Å²) in [6.45, 7) is 3.75. The molecule has 3 unspecified atom stereocenters. The highest BCUT2D eigenvalue weighted by Crippen LogP contribution is 2.32. The smallest absolute Gasteiger partial charge is 0.251 e. The van der Waals surface area contributed by atoms with Crippen molar-refractivity contribution in [3.63, 3.8) is 0 Å². The maximum absolute atomic E-state index is 14.4. The Morgan fingerprint density at radius 3 is 2.70 bits per heavy atom. The summed E-state index contributed by atoms with van der Waals surface area (Å²) in [7, 11) is 0. The van der Waals surface area contributed by atoms with Crippen molar-refractivity contribution < 1.29 is 27.9 Å². The summed E-state index contributed by atoms with van der Waals surface area (Å²) in [6.07, 6.45) is -2.47. The lowest BCUT2D eigenvalue weighted by Gasteiger charge is -2.28. The summed E-state index contributed by atoms with van der Waals surface area (Å²) in [6, 6.07) is 4.95. The van der Waals surface area contributed by atoms with Crippen LogP contribution in [0.2, 0.25) is 0 Å². The van der Waals surface area contributed by atoms with E-state index in [9.17, 15) is 23.2 Å². The summed E-state index contributed by atoms with van der Waals surface area (Å²) >= 11 is 1.47. The number of nitrogens with zero attached hydrogens (tertiary/aromatic N) is 2. The molecule has 3 fully saturated rings. The number of thiazole rings is 1. The molecule has 0 radical (unpaired) electrons. The number of ketones is 1. The number of carbonyl (C=O) groups excluding carboxylic acids is 3. The molecule has 2 amide bonds. The van der Waals surface area contributed by atoms with Crippen molar-refractivity contribution in [2.24, 2.45) is 5.92 Å². The monoisotopic (exact) mass is 532 g/mol. The fourth-order valence-corrected chi connectivity index (χ4v) is 6.13. The molecular formula is C26H30F2N4O4S. The van der Waals surface area contributed by atoms with Gasteiger partial charge in [-0.2, -0.15) is 0 Å². The van der Waals surface area contributed by atoms with Gasteiger partial charge in [0.05, 0.1) is 18.3 Å². The van der Waals surface area contributed by atoms with Crippen LogP contribution in [0, 0.1) is 5.92 Å². The van der Waals surface area contributed by atoms with Gasteiger partial charge in [-0.05, 0) is 24.5 Å². The number of Topliss-reactive ketones (excluding diaryl/α,β-unsaturated/α-hetero) is 1. The number of aromatic nitrogens is 1. The summed E-state index contributed by atoms with van der Waals surface area (Å²) in [5.41, 5.74) is 1.93. The molecule has 5 rings (SSSR count). The van der Waals surface area contributed by atoms with Gasteiger partial charge in [0.2, 0.25) is 5.91 Å². The molecular weight excluding hydrogens is 502 g/mol. The SMILES string of the molecule is CC(C)CC(NC(=O)c1ccc(-c2csc(C3CC(F)CN3)n2)cc1)C(=O)N1C[C@H](F)[C@H]2OCC(=O)[C@H]21. The lowest BCUT2D eigenvalue weighted by molar-refractivity contribution is -0.138. The Kier molecular flexibility index (Phi) is 7.37. The maximum atomic E-state index is 14.4. The highest BCUT2D eigenvalue weighted by Gasteiger charge is 2.53. The average Bonchev–Trinajstić information content (AvgIpc) is 3.65. The number of ether oxygens (including phenoxy) is 1. The highest BCUT2D eigenvalue weighted by atomic mass is 32.1. The molecule has 11 heteroatoms. The van der Waals surface area contributed by atoms with Crippen LogP contribution in [0.4, 0.5) is 8.78 Å². The van der Waals surface area contributed by atoms with Crippen LogP contribution in [0.15, 0.2) is 29.6 Å². The predicted molar refractivity (Wildman–Crippen MR) is 134 cm³/mol. The molecule has 0 aliphatic carbocycles. The number of rotatable bonds is 7. The van der Waals surface area contributed by atoms with Gasteiger partial charge < -0.3 is 20.3 Å². The maximum Gasteiger partial charge on any atom is 0.251 e. The number of benzene rings is 1. The quantitative estimate of drug-likeness (QED) is 0.569. The van der Waals surface area contributed by atoms with E-state index in [1.54, 1.807) is 24.3 Å². The molecule has 1 aromatic carbocycles. The Morgan fingerprint density at radius 1 is 1.27 bits per heavy atom. The van der Waals surface area contributed by atoms with Crippen molar-refractivity contribution in [1.82, 2.24) is 20.5 Å². The lowest BCUT2D eigenvalue weighted by Crippen LogP contribution is -2.52. The highest BCUT2D eigenvalue weighted by molar-refractivity contribution is 7.10. The Balaban J connectivity index is 1.27. The number of hydrogen-bond donors (Lipinski definition) is 2. The molecule has 4 heterocycles. The first-order valence-corrected chi connectivity index (χ1v) is 13.4. The Hall–Kier alpha value is -2.76. The molecule has 0 saturated carbocycles. The lowest BCUT2D eigenvalue weighted by atomic mass is 10.0. The zero-order chi connectivity index (χ0) is 26.3. The Bertz CT molecular complexity index is 1170. The normalized spacial score (nSPS) is 28.1. The van der Waals surface area contributed by atoms with Crippen LogP contribution in [0.3, 0.4) is 0 Å². The summed E-state index contributed by atoms with van der Waals surface area (Å²) < 4.78 is 33.2. The van der Waals surface area contributed by atoms with E-state index < -0.39 is 42.3 Å². The van der Waals surface area contributed by atoms with Gasteiger partial charge in [-0.3, -0.25) is 14.4 Å². The van der Waals surface area contributed by atoms with E-state index in [1.807, 2.05) is 19.2 Å². The molecule has 0 spiro atoms. The molecule has 2 N–H and O–H groups in total. The average molecular weight is 533 g/mol. The number of likely N-dealkylation sites (tertiary alicyclic amines) is 1. The first-order chi connectivity index (χ1) is 17.7. The van der Waals surface area contributed by atoms with Crippen molar-refractivity contribution in [2.75, 3.05) is 19.7 Å². The summed E-state index contributed by atoms with van der Waals surface area (Å²) in [5.74, 6) is -1.15. The number of carbonyl (C=O) groups is 3. The minimum absolute atomic E-state index is 0.0765. The van der Waals surface area contributed by atoms with Crippen LogP contribution >= 0.6 is 11.3 Å². The van der Waals surface area contributed by atoms with Crippen LogP contribution in [-0.4, -0.2) is 77.7 Å². The first kappa shape index (κ1) is 25.9. The molecule has 198 valence electrons. The number of hydrogen-bond acceptors (Lipinski definition) is 7. The summed E-state index contributed by atoms with van der Waals surface area (Å²) in [5, 5.41) is 8.66. The molecule has 0 bridgehead atoms. The number of alkyl halides is 2. The molecule has 2 aromatic rings. The molecule has 3 aliphatic rings. The second kappa shape index (κ2) is 10.5. The fourth-order valence-electron chi connectivity index (χ4n) is 5.21. The van der Waals surface area contributed by atoms with E-state index in [1.165, 1.54) is 16.2 Å². The second-order valence-electron chi connectivity index (χ2n) is 10.3. The van der Waals surface area contributed by atoms with Crippen molar-refractivity contribution in [3.8, 4) is 11.3 Å². The molecule has 37 heavy (non-hydrogen) atoms. The van der Waals surface area contributed by atoms with Gasteiger partial charge in [0.1, 0.15) is 42.1 Å². The zero-order valence-corrected chi connectivity index (χ0v) is 21.5. The number of fused-ring (bicyclic) bond motifs is 1. The predicted octanol–water partition coefficient (Wildman–Crippen LogP) is 2.84. The van der Waals surface area contributed by atoms with Gasteiger partial charge in [-0.15, -0.1) is 11.3 Å². The second-order valence-corrected chi connectivity index (χ2v) is 11.2. The van der Waals surface area contributed by atoms with Crippen molar-refractivity contribution in [3.05, 3.63) is 40.2 Å². The zero-order valence-electron chi connectivity index (χ0n) is 20.7. The van der Waals surface area contributed by atoms with E-state index in [-0.39, 0.29) is 30.9 Å². The Morgan fingerprint density at radius 2 is 2.03 bits per heavy atom. The number of nitrogens with one attached hydrogen (secondary N) is 2. The fraction of sp³-hybridized carbons (Fsp3) is 0.538. The van der Waals surface area contributed by atoms with Gasteiger partial charge in [-0.1, -0.05) is 26.0 Å². The minimum Gasteiger partial charge on any atom is -0.365 e. The van der Waals surface area contributed by atoms with Crippen LogP contribution in [0.5, 0.6) is 0 Å².